The summed E-state index contributed by atoms with van der Waals surface area (Å²) in [6.45, 7) is 1.91. The van der Waals surface area contributed by atoms with Gasteiger partial charge in [0.05, 0.1) is 0 Å². The molecule has 0 atom stereocenters. The summed E-state index contributed by atoms with van der Waals surface area (Å²) >= 11 is 0. The Morgan fingerprint density at radius 1 is 0.550 bits per heavy atom. The van der Waals surface area contributed by atoms with Crippen molar-refractivity contribution >= 4 is 16.6 Å². The summed E-state index contributed by atoms with van der Waals surface area (Å²) in [5, 5.41) is 2.25. The van der Waals surface area contributed by atoms with E-state index in [-0.39, 0.29) is 0 Å². The zero-order valence-electron chi connectivity index (χ0n) is 22.1. The molecule has 0 saturated carbocycles. The van der Waals surface area contributed by atoms with Crippen LogP contribution < -0.4 is 5.73 Å². The molecule has 6 aromatic rings. The number of hydrogen-bond donors (Lipinski definition) is 1. The summed E-state index contributed by atoms with van der Waals surface area (Å²) < 4.78 is 0. The van der Waals surface area contributed by atoms with E-state index in [2.05, 4.69) is 53.5 Å². The van der Waals surface area contributed by atoms with E-state index in [1.807, 2.05) is 85.8 Å². The first-order chi connectivity index (χ1) is 19.7. The molecule has 5 nitrogen and oxygen atoms in total. The first kappa shape index (κ1) is 24.9. The third-order valence-electron chi connectivity index (χ3n) is 6.67. The van der Waals surface area contributed by atoms with Gasteiger partial charge >= 0.3 is 0 Å². The zero-order chi connectivity index (χ0) is 27.3. The molecule has 0 aliphatic rings. The van der Waals surface area contributed by atoms with Gasteiger partial charge in [0.1, 0.15) is 5.84 Å². The van der Waals surface area contributed by atoms with E-state index < -0.39 is 0 Å². The molecule has 0 radical (unpaired) electrons. The van der Waals surface area contributed by atoms with Gasteiger partial charge in [-0.2, -0.15) is 0 Å². The van der Waals surface area contributed by atoms with Crippen molar-refractivity contribution in [3.05, 3.63) is 139 Å². The normalized spacial score (nSPS) is 11.8. The lowest BCUT2D eigenvalue weighted by Crippen LogP contribution is -2.12. The van der Waals surface area contributed by atoms with E-state index in [1.54, 1.807) is 6.20 Å². The zero-order valence-corrected chi connectivity index (χ0v) is 22.1. The minimum atomic E-state index is 0.495. The van der Waals surface area contributed by atoms with Gasteiger partial charge in [0.2, 0.25) is 0 Å². The van der Waals surface area contributed by atoms with Crippen molar-refractivity contribution in [2.24, 2.45) is 10.7 Å². The van der Waals surface area contributed by atoms with E-state index in [1.165, 1.54) is 0 Å². The molecule has 192 valence electrons. The minimum absolute atomic E-state index is 0.495. The molecule has 6 rings (SSSR count). The highest BCUT2D eigenvalue weighted by Gasteiger charge is 2.13. The molecule has 0 fully saturated rings. The molecule has 0 unspecified atom stereocenters. The first-order valence-corrected chi connectivity index (χ1v) is 13.1. The van der Waals surface area contributed by atoms with E-state index in [4.69, 9.17) is 20.7 Å². The van der Waals surface area contributed by atoms with Crippen LogP contribution in [0.5, 0.6) is 0 Å². The number of nitrogens with two attached hydrogens (primary N) is 1. The molecule has 1 heterocycles. The molecule has 0 saturated heterocycles. The SMILES string of the molecule is C/C=C\N=C(/N)c1ccc(-c2ccc3ccc(-c4nc(-c5ccccc5)nc(-c5ccccc5)n4)cc3c2)cc1. The van der Waals surface area contributed by atoms with Crippen molar-refractivity contribution < 1.29 is 0 Å². The molecule has 0 aliphatic heterocycles. The second-order valence-corrected chi connectivity index (χ2v) is 9.39. The smallest absolute Gasteiger partial charge is 0.164 e. The highest BCUT2D eigenvalue weighted by Crippen LogP contribution is 2.30. The number of fused-ring (bicyclic) bond motifs is 1. The van der Waals surface area contributed by atoms with Crippen LogP contribution in [0.1, 0.15) is 12.5 Å². The Hall–Kier alpha value is -5.42. The van der Waals surface area contributed by atoms with Gasteiger partial charge < -0.3 is 5.73 Å². The predicted molar refractivity (Wildman–Crippen MR) is 165 cm³/mol. The van der Waals surface area contributed by atoms with Gasteiger partial charge in [0.25, 0.3) is 0 Å². The summed E-state index contributed by atoms with van der Waals surface area (Å²) in [7, 11) is 0. The minimum Gasteiger partial charge on any atom is -0.383 e. The largest absolute Gasteiger partial charge is 0.383 e. The molecule has 40 heavy (non-hydrogen) atoms. The Bertz CT molecular complexity index is 1780. The summed E-state index contributed by atoms with van der Waals surface area (Å²) in [6, 6.07) is 41.0. The van der Waals surface area contributed by atoms with Crippen LogP contribution >= 0.6 is 0 Å². The van der Waals surface area contributed by atoms with Crippen LogP contribution in [0, 0.1) is 0 Å². The van der Waals surface area contributed by atoms with Crippen molar-refractivity contribution in [3.63, 3.8) is 0 Å². The third kappa shape index (κ3) is 5.26. The summed E-state index contributed by atoms with van der Waals surface area (Å²) in [5.41, 5.74) is 12.0. The summed E-state index contributed by atoms with van der Waals surface area (Å²) in [4.78, 5) is 18.8. The van der Waals surface area contributed by atoms with Gasteiger partial charge in [-0.3, -0.25) is 0 Å². The fourth-order valence-corrected chi connectivity index (χ4v) is 4.57. The second kappa shape index (κ2) is 11.1. The molecule has 0 amide bonds. The highest BCUT2D eigenvalue weighted by atomic mass is 15.0. The predicted octanol–water partition coefficient (Wildman–Crippen LogP) is 7.93. The molecule has 5 heteroatoms. The van der Waals surface area contributed by atoms with Gasteiger partial charge in [-0.15, -0.1) is 0 Å². The Kier molecular flexibility index (Phi) is 6.93. The van der Waals surface area contributed by atoms with Crippen LogP contribution in [-0.2, 0) is 0 Å². The topological polar surface area (TPSA) is 77.0 Å². The average molecular weight is 518 g/mol. The summed E-state index contributed by atoms with van der Waals surface area (Å²) in [6.07, 6.45) is 3.55. The Morgan fingerprint density at radius 3 is 1.62 bits per heavy atom. The Morgan fingerprint density at radius 2 is 1.05 bits per heavy atom. The fraction of sp³-hybridized carbons (Fsp3) is 0.0286. The first-order valence-electron chi connectivity index (χ1n) is 13.1. The van der Waals surface area contributed by atoms with Gasteiger partial charge in [-0.25, -0.2) is 19.9 Å². The van der Waals surface area contributed by atoms with Gasteiger partial charge in [0.15, 0.2) is 17.5 Å². The maximum absolute atomic E-state index is 6.09. The molecule has 0 spiro atoms. The monoisotopic (exact) mass is 517 g/mol. The Balaban J connectivity index is 1.41. The van der Waals surface area contributed by atoms with Crippen LogP contribution in [0.25, 0.3) is 56.1 Å². The quantitative estimate of drug-likeness (QED) is 0.180. The van der Waals surface area contributed by atoms with Crippen molar-refractivity contribution in [2.45, 2.75) is 6.92 Å². The lowest BCUT2D eigenvalue weighted by Gasteiger charge is -2.10. The van der Waals surface area contributed by atoms with Crippen molar-refractivity contribution in [1.82, 2.24) is 15.0 Å². The maximum atomic E-state index is 6.09. The number of amidine groups is 1. The Labute approximate surface area is 233 Å². The van der Waals surface area contributed by atoms with E-state index in [0.29, 0.717) is 23.3 Å². The molecule has 0 bridgehead atoms. The molecule has 0 aliphatic carbocycles. The number of benzene rings is 5. The molecular weight excluding hydrogens is 490 g/mol. The average Bonchev–Trinajstić information content (AvgIpc) is 3.03. The van der Waals surface area contributed by atoms with Crippen molar-refractivity contribution in [2.75, 3.05) is 0 Å². The number of aromatic nitrogens is 3. The van der Waals surface area contributed by atoms with Crippen LogP contribution in [0.4, 0.5) is 0 Å². The molecule has 5 aromatic carbocycles. The third-order valence-corrected chi connectivity index (χ3v) is 6.67. The second-order valence-electron chi connectivity index (χ2n) is 9.39. The number of allylic oxidation sites excluding steroid dienone is 1. The number of hydrogen-bond acceptors (Lipinski definition) is 4. The van der Waals surface area contributed by atoms with Crippen LogP contribution in [-0.4, -0.2) is 20.8 Å². The fourth-order valence-electron chi connectivity index (χ4n) is 4.57. The van der Waals surface area contributed by atoms with Crippen LogP contribution in [0.15, 0.2) is 139 Å². The van der Waals surface area contributed by atoms with E-state index in [9.17, 15) is 0 Å². The van der Waals surface area contributed by atoms with Crippen molar-refractivity contribution in [3.8, 4) is 45.3 Å². The van der Waals surface area contributed by atoms with Crippen molar-refractivity contribution in [1.29, 1.82) is 0 Å². The highest BCUT2D eigenvalue weighted by molar-refractivity contribution is 5.98. The molecule has 1 aromatic heterocycles. The van der Waals surface area contributed by atoms with E-state index >= 15 is 0 Å². The summed E-state index contributed by atoms with van der Waals surface area (Å²) in [5.74, 6) is 2.43. The van der Waals surface area contributed by atoms with Crippen LogP contribution in [0.2, 0.25) is 0 Å². The standard InChI is InChI=1S/C35H27N5/c1-2-21-37-32(36)26-17-13-24(14-18-26)29-19-15-25-16-20-30(23-31(25)22-29)35-39-33(27-9-5-3-6-10-27)38-34(40-35)28-11-7-4-8-12-28/h2-23H,1H3,(H2,36,37)/b21-2-. The number of nitrogens with zero attached hydrogens (tertiary/aromatic N) is 4. The number of rotatable bonds is 6. The van der Waals surface area contributed by atoms with E-state index in [0.717, 1.165) is 44.2 Å². The van der Waals surface area contributed by atoms with Crippen LogP contribution in [0.3, 0.4) is 0 Å². The van der Waals surface area contributed by atoms with Gasteiger partial charge in [-0.1, -0.05) is 115 Å². The van der Waals surface area contributed by atoms with Gasteiger partial charge in [-0.05, 0) is 41.0 Å². The molecule has 2 N–H and O–H groups in total. The maximum Gasteiger partial charge on any atom is 0.164 e. The molecular formula is C35H27N5. The lowest BCUT2D eigenvalue weighted by atomic mass is 9.99. The lowest BCUT2D eigenvalue weighted by molar-refractivity contribution is 1.07. The number of aliphatic imine (C=N–C) groups is 1. The van der Waals surface area contributed by atoms with Gasteiger partial charge in [0, 0.05) is 28.5 Å².